The average Bonchev–Trinajstić information content (AvgIpc) is 2.77. The Bertz CT molecular complexity index is 293. The van der Waals surface area contributed by atoms with Gasteiger partial charge in [0.25, 0.3) is 0 Å². The van der Waals surface area contributed by atoms with Crippen LogP contribution >= 0.6 is 0 Å². The highest BCUT2D eigenvalue weighted by atomic mass is 15.3. The van der Waals surface area contributed by atoms with Crippen LogP contribution < -0.4 is 5.32 Å². The number of aryl methyl sites for hydroxylation is 1. The second-order valence-electron chi connectivity index (χ2n) is 4.39. The Morgan fingerprint density at radius 3 is 2.69 bits per heavy atom. The van der Waals surface area contributed by atoms with E-state index >= 15 is 0 Å². The fourth-order valence-electron chi connectivity index (χ4n) is 2.00. The van der Waals surface area contributed by atoms with Crippen LogP contribution in [0.2, 0.25) is 0 Å². The van der Waals surface area contributed by atoms with Crippen LogP contribution in [0.4, 0.5) is 0 Å². The first kappa shape index (κ1) is 13.2. The quantitative estimate of drug-likeness (QED) is 0.770. The largest absolute Gasteiger partial charge is 0.308 e. The van der Waals surface area contributed by atoms with Gasteiger partial charge >= 0.3 is 0 Å². The van der Waals surface area contributed by atoms with Crippen molar-refractivity contribution >= 4 is 0 Å². The predicted octanol–water partition coefficient (Wildman–Crippen LogP) is 2.99. The van der Waals surface area contributed by atoms with E-state index in [2.05, 4.69) is 48.9 Å². The highest BCUT2D eigenvalue weighted by molar-refractivity contribution is 5.08. The second-order valence-corrected chi connectivity index (χ2v) is 4.39. The molecule has 16 heavy (non-hydrogen) atoms. The van der Waals surface area contributed by atoms with E-state index in [4.69, 9.17) is 0 Å². The summed E-state index contributed by atoms with van der Waals surface area (Å²) in [6.45, 7) is 10.9. The molecule has 2 atom stereocenters. The van der Waals surface area contributed by atoms with Crippen molar-refractivity contribution in [3.8, 4) is 0 Å². The highest BCUT2D eigenvalue weighted by Gasteiger charge is 2.20. The minimum absolute atomic E-state index is 0.437. The summed E-state index contributed by atoms with van der Waals surface area (Å²) in [7, 11) is 0. The smallest absolute Gasteiger partial charge is 0.0556 e. The Morgan fingerprint density at radius 1 is 1.38 bits per heavy atom. The fraction of sp³-hybridized carbons (Fsp3) is 0.769. The molecule has 1 aromatic heterocycles. The van der Waals surface area contributed by atoms with Crippen molar-refractivity contribution in [2.75, 3.05) is 6.54 Å². The van der Waals surface area contributed by atoms with Gasteiger partial charge in [0.2, 0.25) is 0 Å². The minimum Gasteiger partial charge on any atom is -0.308 e. The molecule has 0 saturated carbocycles. The first-order valence-corrected chi connectivity index (χ1v) is 6.49. The number of nitrogens with zero attached hydrogens (tertiary/aromatic N) is 2. The minimum atomic E-state index is 0.437. The zero-order valence-electron chi connectivity index (χ0n) is 11.0. The molecule has 2 unspecified atom stereocenters. The molecule has 0 aliphatic heterocycles. The summed E-state index contributed by atoms with van der Waals surface area (Å²) < 4.78 is 2.10. The van der Waals surface area contributed by atoms with Crippen molar-refractivity contribution in [3.05, 3.63) is 18.0 Å². The van der Waals surface area contributed by atoms with Crippen LogP contribution in [-0.4, -0.2) is 16.3 Å². The van der Waals surface area contributed by atoms with E-state index in [0.717, 1.165) is 13.1 Å². The van der Waals surface area contributed by atoms with E-state index in [0.29, 0.717) is 12.0 Å². The maximum atomic E-state index is 4.36. The monoisotopic (exact) mass is 223 g/mol. The molecule has 1 rings (SSSR count). The van der Waals surface area contributed by atoms with Gasteiger partial charge in [-0.05, 0) is 31.9 Å². The summed E-state index contributed by atoms with van der Waals surface area (Å²) in [5.74, 6) is 0.647. The lowest BCUT2D eigenvalue weighted by Gasteiger charge is -2.25. The van der Waals surface area contributed by atoms with Gasteiger partial charge in [-0.15, -0.1) is 0 Å². The summed E-state index contributed by atoms with van der Waals surface area (Å²) in [6, 6.07) is 2.58. The van der Waals surface area contributed by atoms with Crippen LogP contribution in [-0.2, 0) is 6.54 Å². The Kier molecular flexibility index (Phi) is 5.53. The molecule has 0 fully saturated rings. The second kappa shape index (κ2) is 6.69. The van der Waals surface area contributed by atoms with E-state index < -0.39 is 0 Å². The Balaban J connectivity index is 2.82. The zero-order valence-corrected chi connectivity index (χ0v) is 11.0. The summed E-state index contributed by atoms with van der Waals surface area (Å²) in [5, 5.41) is 7.99. The fourth-order valence-corrected chi connectivity index (χ4v) is 2.00. The maximum absolute atomic E-state index is 4.36. The van der Waals surface area contributed by atoms with E-state index in [-0.39, 0.29) is 0 Å². The van der Waals surface area contributed by atoms with E-state index in [9.17, 15) is 0 Å². The molecule has 0 radical (unpaired) electrons. The third-order valence-corrected chi connectivity index (χ3v) is 3.19. The van der Waals surface area contributed by atoms with E-state index in [1.165, 1.54) is 18.5 Å². The molecule has 0 spiro atoms. The number of aromatic nitrogens is 2. The summed E-state index contributed by atoms with van der Waals surface area (Å²) in [4.78, 5) is 0. The summed E-state index contributed by atoms with van der Waals surface area (Å²) >= 11 is 0. The first-order valence-electron chi connectivity index (χ1n) is 6.49. The Morgan fingerprint density at radius 2 is 2.12 bits per heavy atom. The van der Waals surface area contributed by atoms with Crippen molar-refractivity contribution in [1.82, 2.24) is 15.1 Å². The molecule has 0 saturated heterocycles. The van der Waals surface area contributed by atoms with Gasteiger partial charge in [-0.3, -0.25) is 4.68 Å². The van der Waals surface area contributed by atoms with Gasteiger partial charge in [-0.1, -0.05) is 27.2 Å². The molecular formula is C13H25N3. The molecule has 0 amide bonds. The molecule has 0 aliphatic carbocycles. The molecule has 92 valence electrons. The van der Waals surface area contributed by atoms with Gasteiger partial charge in [0.15, 0.2) is 0 Å². The van der Waals surface area contributed by atoms with Crippen molar-refractivity contribution in [2.24, 2.45) is 5.92 Å². The standard InChI is InChI=1S/C13H25N3/c1-5-9-14-13(11(4)6-2)12-8-10-15-16(12)7-3/h8,10-11,13-14H,5-7,9H2,1-4H3. The average molecular weight is 223 g/mol. The maximum Gasteiger partial charge on any atom is 0.0556 e. The number of hydrogen-bond donors (Lipinski definition) is 1. The molecular weight excluding hydrogens is 198 g/mol. The van der Waals surface area contributed by atoms with Gasteiger partial charge in [-0.2, -0.15) is 5.10 Å². The van der Waals surface area contributed by atoms with Crippen molar-refractivity contribution < 1.29 is 0 Å². The van der Waals surface area contributed by atoms with Crippen molar-refractivity contribution in [2.45, 2.75) is 53.1 Å². The number of hydrogen-bond acceptors (Lipinski definition) is 2. The van der Waals surface area contributed by atoms with Crippen LogP contribution in [0.3, 0.4) is 0 Å². The third kappa shape index (κ3) is 3.08. The molecule has 3 heteroatoms. The van der Waals surface area contributed by atoms with Gasteiger partial charge in [0.1, 0.15) is 0 Å². The molecule has 1 heterocycles. The Hall–Kier alpha value is -0.830. The van der Waals surface area contributed by atoms with Crippen LogP contribution in [0.1, 0.15) is 52.3 Å². The normalized spacial score (nSPS) is 15.0. The zero-order chi connectivity index (χ0) is 12.0. The molecule has 1 N–H and O–H groups in total. The molecule has 0 aromatic carbocycles. The first-order chi connectivity index (χ1) is 7.74. The number of nitrogens with one attached hydrogen (secondary N) is 1. The van der Waals surface area contributed by atoms with Gasteiger partial charge in [-0.25, -0.2) is 0 Å². The topological polar surface area (TPSA) is 29.9 Å². The number of rotatable bonds is 7. The van der Waals surface area contributed by atoms with E-state index in [1.54, 1.807) is 0 Å². The molecule has 1 aromatic rings. The summed E-state index contributed by atoms with van der Waals surface area (Å²) in [5.41, 5.74) is 1.32. The highest BCUT2D eigenvalue weighted by Crippen LogP contribution is 2.24. The van der Waals surface area contributed by atoms with E-state index in [1.807, 2.05) is 6.20 Å². The lowest BCUT2D eigenvalue weighted by atomic mass is 9.96. The molecule has 3 nitrogen and oxygen atoms in total. The molecule has 0 bridgehead atoms. The summed E-state index contributed by atoms with van der Waals surface area (Å²) in [6.07, 6.45) is 4.27. The third-order valence-electron chi connectivity index (χ3n) is 3.19. The van der Waals surface area contributed by atoms with Gasteiger partial charge < -0.3 is 5.32 Å². The van der Waals surface area contributed by atoms with Crippen LogP contribution in [0, 0.1) is 5.92 Å². The van der Waals surface area contributed by atoms with Crippen LogP contribution in [0.5, 0.6) is 0 Å². The molecule has 0 aliphatic rings. The van der Waals surface area contributed by atoms with Gasteiger partial charge in [0, 0.05) is 12.7 Å². The SMILES string of the molecule is CCCNC(c1ccnn1CC)C(C)CC. The van der Waals surface area contributed by atoms with Gasteiger partial charge in [0.05, 0.1) is 11.7 Å². The lowest BCUT2D eigenvalue weighted by molar-refractivity contribution is 0.355. The van der Waals surface area contributed by atoms with Crippen LogP contribution in [0.15, 0.2) is 12.3 Å². The predicted molar refractivity (Wildman–Crippen MR) is 68.4 cm³/mol. The lowest BCUT2D eigenvalue weighted by Crippen LogP contribution is -2.29. The van der Waals surface area contributed by atoms with Crippen molar-refractivity contribution in [3.63, 3.8) is 0 Å². The Labute approximate surface area is 99.2 Å². The van der Waals surface area contributed by atoms with Crippen LogP contribution in [0.25, 0.3) is 0 Å². The van der Waals surface area contributed by atoms with Crippen molar-refractivity contribution in [1.29, 1.82) is 0 Å².